The number of primary amides is 1. The van der Waals surface area contributed by atoms with Crippen molar-refractivity contribution in [2.24, 2.45) is 16.0 Å². The van der Waals surface area contributed by atoms with Crippen LogP contribution in [0.15, 0.2) is 52.5 Å². The van der Waals surface area contributed by atoms with Gasteiger partial charge in [-0.15, -0.1) is 10.2 Å². The van der Waals surface area contributed by atoms with Gasteiger partial charge in [-0.1, -0.05) is 30.4 Å². The topological polar surface area (TPSA) is 106 Å². The molecule has 1 aromatic carbocycles. The number of rotatable bonds is 5. The van der Waals surface area contributed by atoms with Crippen molar-refractivity contribution in [3.8, 4) is 0 Å². The Bertz CT molecular complexity index is 1030. The summed E-state index contributed by atoms with van der Waals surface area (Å²) >= 11 is 1.29. The van der Waals surface area contributed by atoms with E-state index in [1.807, 2.05) is 12.1 Å². The van der Waals surface area contributed by atoms with Gasteiger partial charge in [-0.25, -0.2) is 13.8 Å². The average molecular weight is 396 g/mol. The highest BCUT2D eigenvalue weighted by Gasteiger charge is 2.38. The highest BCUT2D eigenvalue weighted by molar-refractivity contribution is 7.99. The lowest BCUT2D eigenvalue weighted by atomic mass is 9.89. The van der Waals surface area contributed by atoms with E-state index in [-0.39, 0.29) is 17.0 Å². The Kier molecular flexibility index (Phi) is 4.91. The first kappa shape index (κ1) is 18.3. The number of anilines is 1. The van der Waals surface area contributed by atoms with Crippen molar-refractivity contribution in [3.05, 3.63) is 71.0 Å². The maximum atomic E-state index is 13.4. The van der Waals surface area contributed by atoms with E-state index < -0.39 is 5.91 Å². The molecule has 1 amide bonds. The zero-order valence-electron chi connectivity index (χ0n) is 15.0. The lowest BCUT2D eigenvalue weighted by molar-refractivity contribution is -0.114. The van der Waals surface area contributed by atoms with Crippen molar-refractivity contribution >= 4 is 29.4 Å². The van der Waals surface area contributed by atoms with Gasteiger partial charge in [-0.2, -0.15) is 0 Å². The molecule has 0 spiro atoms. The van der Waals surface area contributed by atoms with Gasteiger partial charge in [0.2, 0.25) is 5.91 Å². The summed E-state index contributed by atoms with van der Waals surface area (Å²) in [5.74, 6) is 0.0589. The fraction of sp³-hybridized carbons (Fsp3) is 0.211. The van der Waals surface area contributed by atoms with E-state index in [0.29, 0.717) is 35.2 Å². The summed E-state index contributed by atoms with van der Waals surface area (Å²) in [6, 6.07) is 6.35. The van der Waals surface area contributed by atoms with Crippen molar-refractivity contribution < 1.29 is 9.18 Å². The van der Waals surface area contributed by atoms with Crippen molar-refractivity contribution in [2.45, 2.75) is 18.7 Å². The Balaban J connectivity index is 1.55. The largest absolute Gasteiger partial charge is 0.366 e. The molecule has 2 unspecified atom stereocenters. The first-order valence-electron chi connectivity index (χ1n) is 8.65. The zero-order chi connectivity index (χ0) is 19.7. The van der Waals surface area contributed by atoms with Crippen LogP contribution in [0.3, 0.4) is 0 Å². The maximum absolute atomic E-state index is 13.4. The number of nitrogens with two attached hydrogens (primary N) is 1. The van der Waals surface area contributed by atoms with Gasteiger partial charge in [0.1, 0.15) is 17.2 Å². The lowest BCUT2D eigenvalue weighted by Gasteiger charge is -2.20. The van der Waals surface area contributed by atoms with Crippen LogP contribution >= 0.6 is 11.9 Å². The third-order valence-electron chi connectivity index (χ3n) is 4.53. The molecule has 0 saturated heterocycles. The number of carbonyl (C=O) groups is 1. The molecule has 1 aromatic heterocycles. The molecular formula is C19H17FN6OS. The predicted octanol–water partition coefficient (Wildman–Crippen LogP) is 2.35. The number of allylic oxidation sites excluding steroid dienone is 3. The fourth-order valence-electron chi connectivity index (χ4n) is 3.10. The van der Waals surface area contributed by atoms with Gasteiger partial charge in [0.05, 0.1) is 5.25 Å². The number of hydrogen-bond donors (Lipinski definition) is 2. The number of benzene rings is 1. The van der Waals surface area contributed by atoms with Gasteiger partial charge in [0.25, 0.3) is 0 Å². The molecular weight excluding hydrogens is 379 g/mol. The molecule has 2 aliphatic rings. The minimum Gasteiger partial charge on any atom is -0.366 e. The molecule has 7 nitrogen and oxygen atoms in total. The van der Waals surface area contributed by atoms with Crippen molar-refractivity contribution in [2.75, 3.05) is 5.32 Å². The van der Waals surface area contributed by atoms with Crippen LogP contribution in [0.5, 0.6) is 0 Å². The van der Waals surface area contributed by atoms with E-state index in [1.54, 1.807) is 25.1 Å². The number of aryl methyl sites for hydroxylation is 1. The van der Waals surface area contributed by atoms with Gasteiger partial charge in [0, 0.05) is 18.0 Å². The van der Waals surface area contributed by atoms with Crippen LogP contribution in [0.1, 0.15) is 17.1 Å². The number of fused-ring (bicyclic) bond motifs is 1. The highest BCUT2D eigenvalue weighted by Crippen LogP contribution is 2.39. The molecule has 2 atom stereocenters. The van der Waals surface area contributed by atoms with Gasteiger partial charge < -0.3 is 11.1 Å². The Morgan fingerprint density at radius 1 is 1.36 bits per heavy atom. The van der Waals surface area contributed by atoms with Crippen molar-refractivity contribution in [3.63, 3.8) is 0 Å². The number of nitrogens with one attached hydrogen (secondary N) is 1. The maximum Gasteiger partial charge on any atom is 0.245 e. The summed E-state index contributed by atoms with van der Waals surface area (Å²) < 4.78 is 17.8. The molecule has 0 bridgehead atoms. The summed E-state index contributed by atoms with van der Waals surface area (Å²) in [7, 11) is 0. The molecule has 2 aromatic rings. The number of aromatic nitrogens is 3. The van der Waals surface area contributed by atoms with Crippen LogP contribution in [0.25, 0.3) is 0 Å². The molecule has 0 saturated carbocycles. The molecule has 4 rings (SSSR count). The smallest absolute Gasteiger partial charge is 0.245 e. The second-order valence-corrected chi connectivity index (χ2v) is 7.35. The van der Waals surface area contributed by atoms with Crippen molar-refractivity contribution in [1.29, 1.82) is 0 Å². The normalized spacial score (nSPS) is 20.4. The Morgan fingerprint density at radius 2 is 2.21 bits per heavy atom. The van der Waals surface area contributed by atoms with Gasteiger partial charge in [0.15, 0.2) is 11.6 Å². The molecule has 1 aliphatic heterocycles. The van der Waals surface area contributed by atoms with E-state index in [9.17, 15) is 9.18 Å². The SMILES string of the molecule is Cc1nnc(C2=NSC3C(C(N)=O)=CC=CC23)nc1NCc1cccc(F)c1. The van der Waals surface area contributed by atoms with Crippen LogP contribution in [-0.4, -0.2) is 32.1 Å². The van der Waals surface area contributed by atoms with Crippen molar-refractivity contribution in [1.82, 2.24) is 15.2 Å². The molecule has 3 N–H and O–H groups in total. The molecule has 0 radical (unpaired) electrons. The summed E-state index contributed by atoms with van der Waals surface area (Å²) in [6.45, 7) is 2.19. The van der Waals surface area contributed by atoms with Gasteiger partial charge >= 0.3 is 0 Å². The average Bonchev–Trinajstić information content (AvgIpc) is 3.11. The van der Waals surface area contributed by atoms with E-state index >= 15 is 0 Å². The molecule has 1 aliphatic carbocycles. The van der Waals surface area contributed by atoms with Crippen LogP contribution in [0, 0.1) is 18.7 Å². The highest BCUT2D eigenvalue weighted by atomic mass is 32.2. The standard InChI is InChI=1S/C19H17FN6OS/c1-10-18(22-9-11-4-2-5-12(20)8-11)23-19(25-24-10)15-13-6-3-7-14(17(21)27)16(13)28-26-15/h2-8,13,16H,9H2,1H3,(H2,21,27)(H,22,23,25). The monoisotopic (exact) mass is 396 g/mol. The summed E-state index contributed by atoms with van der Waals surface area (Å²) in [6.07, 6.45) is 5.47. The zero-order valence-corrected chi connectivity index (χ0v) is 15.8. The van der Waals surface area contributed by atoms with Crippen LogP contribution < -0.4 is 11.1 Å². The molecule has 142 valence electrons. The summed E-state index contributed by atoms with van der Waals surface area (Å²) in [5, 5.41) is 11.4. The first-order valence-corrected chi connectivity index (χ1v) is 9.48. The third-order valence-corrected chi connectivity index (χ3v) is 5.60. The van der Waals surface area contributed by atoms with Gasteiger partial charge in [-0.3, -0.25) is 4.79 Å². The predicted molar refractivity (Wildman–Crippen MR) is 106 cm³/mol. The number of hydrogen-bond acceptors (Lipinski definition) is 7. The molecule has 0 fully saturated rings. The molecule has 9 heteroatoms. The molecule has 28 heavy (non-hydrogen) atoms. The van der Waals surface area contributed by atoms with Gasteiger partial charge in [-0.05, 0) is 36.6 Å². The van der Waals surface area contributed by atoms with E-state index in [4.69, 9.17) is 5.73 Å². The Labute approximate surface area is 165 Å². The first-order chi connectivity index (χ1) is 13.5. The second kappa shape index (κ2) is 7.51. The quantitative estimate of drug-likeness (QED) is 0.752. The number of nitrogens with zero attached hydrogens (tertiary/aromatic N) is 4. The molecule has 2 heterocycles. The Hall–Kier alpha value is -3.07. The van der Waals surface area contributed by atoms with E-state index in [2.05, 4.69) is 24.9 Å². The number of amides is 1. The third kappa shape index (κ3) is 3.53. The lowest BCUT2D eigenvalue weighted by Crippen LogP contribution is -2.31. The minimum absolute atomic E-state index is 0.141. The van der Waals surface area contributed by atoms with E-state index in [0.717, 1.165) is 5.56 Å². The van der Waals surface area contributed by atoms with Crippen LogP contribution in [0.4, 0.5) is 10.2 Å². The minimum atomic E-state index is -0.455. The summed E-state index contributed by atoms with van der Waals surface area (Å²) in [5.41, 5.74) is 8.07. The second-order valence-electron chi connectivity index (χ2n) is 6.45. The van der Waals surface area contributed by atoms with E-state index in [1.165, 1.54) is 24.1 Å². The number of halogens is 1. The Morgan fingerprint density at radius 3 is 3.00 bits per heavy atom. The van der Waals surface area contributed by atoms with Crippen LogP contribution in [0.2, 0.25) is 0 Å². The summed E-state index contributed by atoms with van der Waals surface area (Å²) in [4.78, 5) is 16.2. The number of carbonyl (C=O) groups excluding carboxylic acids is 1. The fourth-order valence-corrected chi connectivity index (χ4v) is 4.19. The van der Waals surface area contributed by atoms with Crippen LogP contribution in [-0.2, 0) is 11.3 Å².